The molecule has 5 N–H and O–H groups in total. The maximum Gasteiger partial charge on any atom is 0.318 e. The maximum absolute atomic E-state index is 12.4. The molecule has 0 bridgehead atoms. The second kappa shape index (κ2) is 7.29. The second-order valence-corrected chi connectivity index (χ2v) is 6.76. The van der Waals surface area contributed by atoms with Crippen molar-refractivity contribution in [2.24, 2.45) is 16.5 Å². The topological polar surface area (TPSA) is 106 Å². The van der Waals surface area contributed by atoms with Crippen molar-refractivity contribution < 1.29 is 9.53 Å². The minimum Gasteiger partial charge on any atom is -0.496 e. The van der Waals surface area contributed by atoms with Crippen LogP contribution in [0.1, 0.15) is 18.4 Å². The van der Waals surface area contributed by atoms with Crippen LogP contribution in [0.25, 0.3) is 0 Å². The molecule has 26 heavy (non-hydrogen) atoms. The second-order valence-electron chi connectivity index (χ2n) is 6.35. The fourth-order valence-electron chi connectivity index (χ4n) is 2.84. The molecule has 0 spiro atoms. The molecule has 0 aromatic heterocycles. The summed E-state index contributed by atoms with van der Waals surface area (Å²) in [5.74, 6) is 0.654. The van der Waals surface area contributed by atoms with E-state index < -0.39 is 0 Å². The third-order valence-corrected chi connectivity index (χ3v) is 4.58. The van der Waals surface area contributed by atoms with Crippen molar-refractivity contribution in [2.75, 3.05) is 20.2 Å². The van der Waals surface area contributed by atoms with Gasteiger partial charge in [0.15, 0.2) is 0 Å². The number of halogens is 1. The number of ether oxygens (including phenoxy) is 1. The summed E-state index contributed by atoms with van der Waals surface area (Å²) in [5.41, 5.74) is 14.2. The minimum absolute atomic E-state index is 0.114. The molecule has 3 rings (SSSR count). The first-order valence-corrected chi connectivity index (χ1v) is 8.67. The Kier molecular flexibility index (Phi) is 5.08. The van der Waals surface area contributed by atoms with Gasteiger partial charge in [-0.25, -0.2) is 9.79 Å². The summed E-state index contributed by atoms with van der Waals surface area (Å²) in [4.78, 5) is 18.4. The van der Waals surface area contributed by atoms with Crippen LogP contribution in [0.3, 0.4) is 0 Å². The van der Waals surface area contributed by atoms with E-state index in [-0.39, 0.29) is 17.9 Å². The number of nitrogens with two attached hydrogens (primary N) is 2. The highest BCUT2D eigenvalue weighted by Crippen LogP contribution is 2.32. The number of aliphatic imine (C=N–C) groups is 1. The quantitative estimate of drug-likeness (QED) is 0.684. The molecule has 2 aliphatic rings. The molecule has 1 aliphatic carbocycles. The van der Waals surface area contributed by atoms with E-state index in [0.29, 0.717) is 46.4 Å². The van der Waals surface area contributed by atoms with Crippen LogP contribution in [0.5, 0.6) is 5.75 Å². The van der Waals surface area contributed by atoms with Gasteiger partial charge in [-0.3, -0.25) is 0 Å². The lowest BCUT2D eigenvalue weighted by Gasteiger charge is -2.18. The molecule has 2 amide bonds. The standard InChI is InChI=1S/C18H22ClN5O2/c1-10(20)22-17(16-13(19)4-3-5-15(16)26-2)12-8-24(9-14(12)21)18(25)23-11-6-7-11/h3-5,11H,1,6-9,20-21H2,2H3,(H,23,25). The first-order valence-electron chi connectivity index (χ1n) is 8.30. The molecule has 0 atom stereocenters. The molecular weight excluding hydrogens is 354 g/mol. The fraction of sp³-hybridized carbons (Fsp3) is 0.333. The van der Waals surface area contributed by atoms with Crippen molar-refractivity contribution >= 4 is 23.3 Å². The number of urea groups is 1. The number of hydrogen-bond donors (Lipinski definition) is 3. The predicted molar refractivity (Wildman–Crippen MR) is 102 cm³/mol. The van der Waals surface area contributed by atoms with E-state index in [1.807, 2.05) is 0 Å². The van der Waals surface area contributed by atoms with Crippen LogP contribution in [0, 0.1) is 0 Å². The lowest BCUT2D eigenvalue weighted by atomic mass is 10.0. The number of nitrogens with zero attached hydrogens (tertiary/aromatic N) is 2. The Labute approximate surface area is 157 Å². The molecule has 0 saturated heterocycles. The monoisotopic (exact) mass is 375 g/mol. The third-order valence-electron chi connectivity index (χ3n) is 4.26. The fourth-order valence-corrected chi connectivity index (χ4v) is 3.09. The summed E-state index contributed by atoms with van der Waals surface area (Å²) < 4.78 is 5.43. The number of carbonyl (C=O) groups excluding carboxylic acids is 1. The van der Waals surface area contributed by atoms with E-state index in [0.717, 1.165) is 12.8 Å². The van der Waals surface area contributed by atoms with Gasteiger partial charge in [0.05, 0.1) is 36.5 Å². The van der Waals surface area contributed by atoms with Crippen LogP contribution in [0.15, 0.2) is 46.9 Å². The summed E-state index contributed by atoms with van der Waals surface area (Å²) in [7, 11) is 1.55. The van der Waals surface area contributed by atoms with E-state index in [1.54, 1.807) is 30.2 Å². The van der Waals surface area contributed by atoms with Gasteiger partial charge >= 0.3 is 6.03 Å². The predicted octanol–water partition coefficient (Wildman–Crippen LogP) is 1.97. The van der Waals surface area contributed by atoms with E-state index in [9.17, 15) is 4.79 Å². The SMILES string of the molecule is C=C(N)N=C(C1=C(N)CN(C(=O)NC2CC2)C1)c1c(Cl)cccc1OC. The van der Waals surface area contributed by atoms with Crippen molar-refractivity contribution in [2.45, 2.75) is 18.9 Å². The Morgan fingerprint density at radius 1 is 1.42 bits per heavy atom. The van der Waals surface area contributed by atoms with Crippen LogP contribution in [0.2, 0.25) is 5.02 Å². The molecule has 1 fully saturated rings. The summed E-state index contributed by atoms with van der Waals surface area (Å²) >= 11 is 6.40. The van der Waals surface area contributed by atoms with Crippen LogP contribution in [0.4, 0.5) is 4.79 Å². The van der Waals surface area contributed by atoms with Gasteiger partial charge in [0.25, 0.3) is 0 Å². The van der Waals surface area contributed by atoms with Gasteiger partial charge in [-0.2, -0.15) is 0 Å². The zero-order valence-corrected chi connectivity index (χ0v) is 15.3. The number of hydrogen-bond acceptors (Lipinski definition) is 5. The lowest BCUT2D eigenvalue weighted by Crippen LogP contribution is -2.40. The average Bonchev–Trinajstić information content (AvgIpc) is 3.32. The van der Waals surface area contributed by atoms with Crippen LogP contribution in [-0.2, 0) is 0 Å². The van der Waals surface area contributed by atoms with E-state index in [4.69, 9.17) is 27.8 Å². The van der Waals surface area contributed by atoms with E-state index >= 15 is 0 Å². The van der Waals surface area contributed by atoms with Crippen LogP contribution in [-0.4, -0.2) is 42.9 Å². The Bertz CT molecular complexity index is 814. The maximum atomic E-state index is 12.4. The number of rotatable bonds is 5. The Hall–Kier alpha value is -2.67. The smallest absolute Gasteiger partial charge is 0.318 e. The molecule has 0 radical (unpaired) electrons. The van der Waals surface area contributed by atoms with Crippen molar-refractivity contribution in [3.8, 4) is 5.75 Å². The minimum atomic E-state index is -0.137. The highest BCUT2D eigenvalue weighted by Gasteiger charge is 2.32. The normalized spacial score (nSPS) is 17.5. The lowest BCUT2D eigenvalue weighted by molar-refractivity contribution is 0.209. The van der Waals surface area contributed by atoms with Gasteiger partial charge in [-0.1, -0.05) is 24.2 Å². The molecule has 1 aromatic carbocycles. The average molecular weight is 376 g/mol. The van der Waals surface area contributed by atoms with Crippen LogP contribution >= 0.6 is 11.6 Å². The van der Waals surface area contributed by atoms with E-state index in [2.05, 4.69) is 16.9 Å². The van der Waals surface area contributed by atoms with Crippen LogP contribution < -0.4 is 21.5 Å². The van der Waals surface area contributed by atoms with Crippen molar-refractivity contribution in [1.29, 1.82) is 0 Å². The zero-order chi connectivity index (χ0) is 18.8. The van der Waals surface area contributed by atoms with Gasteiger partial charge in [-0.05, 0) is 25.0 Å². The Morgan fingerprint density at radius 3 is 2.77 bits per heavy atom. The Morgan fingerprint density at radius 2 is 2.15 bits per heavy atom. The molecule has 0 unspecified atom stereocenters. The number of benzene rings is 1. The molecule has 138 valence electrons. The van der Waals surface area contributed by atoms with E-state index in [1.165, 1.54) is 0 Å². The summed E-state index contributed by atoms with van der Waals surface area (Å²) in [5, 5.41) is 3.41. The first-order chi connectivity index (χ1) is 12.4. The largest absolute Gasteiger partial charge is 0.496 e. The molecule has 1 heterocycles. The molecule has 1 aliphatic heterocycles. The molecule has 1 aromatic rings. The molecule has 1 saturated carbocycles. The van der Waals surface area contributed by atoms with Gasteiger partial charge in [0.1, 0.15) is 11.6 Å². The molecule has 8 heteroatoms. The number of amides is 2. The van der Waals surface area contributed by atoms with Gasteiger partial charge in [0.2, 0.25) is 0 Å². The van der Waals surface area contributed by atoms with Gasteiger partial charge in [0, 0.05) is 17.3 Å². The first kappa shape index (κ1) is 18.1. The number of carbonyl (C=O) groups is 1. The van der Waals surface area contributed by atoms with Crippen molar-refractivity contribution in [3.63, 3.8) is 0 Å². The number of methoxy groups -OCH3 is 1. The van der Waals surface area contributed by atoms with Crippen molar-refractivity contribution in [3.05, 3.63) is 52.5 Å². The summed E-state index contributed by atoms with van der Waals surface area (Å²) in [6.45, 7) is 4.28. The molecule has 7 nitrogen and oxygen atoms in total. The van der Waals surface area contributed by atoms with Gasteiger partial charge < -0.3 is 26.4 Å². The third kappa shape index (κ3) is 3.77. The number of nitrogens with one attached hydrogen (secondary N) is 1. The highest BCUT2D eigenvalue weighted by molar-refractivity contribution is 6.36. The molecular formula is C18H22ClN5O2. The summed E-state index contributed by atoms with van der Waals surface area (Å²) in [6.07, 6.45) is 2.04. The van der Waals surface area contributed by atoms with Gasteiger partial charge in [-0.15, -0.1) is 0 Å². The zero-order valence-electron chi connectivity index (χ0n) is 14.6. The Balaban J connectivity index is 1.95. The van der Waals surface area contributed by atoms with Crippen molar-refractivity contribution in [1.82, 2.24) is 10.2 Å². The highest BCUT2D eigenvalue weighted by atomic mass is 35.5. The summed E-state index contributed by atoms with van der Waals surface area (Å²) in [6, 6.07) is 5.42.